The van der Waals surface area contributed by atoms with Crippen molar-refractivity contribution >= 4 is 13.3 Å². The molecule has 0 aliphatic heterocycles. The zero-order chi connectivity index (χ0) is 7.56. The molecule has 0 spiro atoms. The maximum absolute atomic E-state index is 8.90. The summed E-state index contributed by atoms with van der Waals surface area (Å²) in [6, 6.07) is 6.23. The second kappa shape index (κ2) is 5.19. The van der Waals surface area contributed by atoms with Crippen LogP contribution >= 0.6 is 0 Å². The summed E-state index contributed by atoms with van der Waals surface area (Å²) in [5.74, 6) is 0.0130. The van der Waals surface area contributed by atoms with Crippen LogP contribution in [0.3, 0.4) is 0 Å². The molecule has 0 unspecified atom stereocenters. The Morgan fingerprint density at radius 2 is 1.92 bits per heavy atom. The van der Waals surface area contributed by atoms with Crippen LogP contribution < -0.4 is 5.46 Å². The van der Waals surface area contributed by atoms with Gasteiger partial charge in [0.1, 0.15) is 0 Å². The number of rotatable bonds is 0. The predicted molar refractivity (Wildman–Crippen MR) is 42.1 cm³/mol. The Hall–Kier alpha value is -1.51. The minimum atomic E-state index is 0. The SMILES string of the molecule is [B+2]c1cc(C#N)ccc1O.[OH-].[OH-]. The summed E-state index contributed by atoms with van der Waals surface area (Å²) in [4.78, 5) is 0. The second-order valence-electron chi connectivity index (χ2n) is 1.89. The van der Waals surface area contributed by atoms with E-state index < -0.39 is 0 Å². The van der Waals surface area contributed by atoms with Gasteiger partial charge in [-0.3, -0.25) is 0 Å². The van der Waals surface area contributed by atoms with Crippen molar-refractivity contribution < 1.29 is 16.1 Å². The van der Waals surface area contributed by atoms with E-state index in [-0.39, 0.29) is 22.2 Å². The summed E-state index contributed by atoms with van der Waals surface area (Å²) < 4.78 is 0. The van der Waals surface area contributed by atoms with Gasteiger partial charge in [0.05, 0.1) is 0 Å². The molecule has 5 heteroatoms. The monoisotopic (exact) mass is 163 g/mol. The Balaban J connectivity index is 0. The normalized spacial score (nSPS) is 7.42. The van der Waals surface area contributed by atoms with Gasteiger partial charge in [-0.1, -0.05) is 0 Å². The first-order chi connectivity index (χ1) is 4.74. The summed E-state index contributed by atoms with van der Waals surface area (Å²) in [6.45, 7) is 0. The van der Waals surface area contributed by atoms with Gasteiger partial charge in [0, 0.05) is 0 Å². The van der Waals surface area contributed by atoms with Gasteiger partial charge in [-0.15, -0.1) is 0 Å². The van der Waals surface area contributed by atoms with E-state index in [4.69, 9.17) is 18.2 Å². The number of benzene rings is 1. The molecular weight excluding hydrogens is 157 g/mol. The Kier molecular flexibility index (Phi) is 5.67. The molecule has 0 radical (unpaired) electrons. The minimum absolute atomic E-state index is 0. The van der Waals surface area contributed by atoms with Gasteiger partial charge in [-0.2, -0.15) is 0 Å². The van der Waals surface area contributed by atoms with Gasteiger partial charge >= 0.3 is 59.3 Å². The summed E-state index contributed by atoms with van der Waals surface area (Å²) in [7, 11) is 5.30. The predicted octanol–water partition coefficient (Wildman–Crippen LogP) is -0.296. The van der Waals surface area contributed by atoms with E-state index in [1.807, 2.05) is 6.07 Å². The molecule has 0 aliphatic carbocycles. The maximum Gasteiger partial charge on any atom is -0.870 e. The third-order valence-electron chi connectivity index (χ3n) is 1.16. The molecule has 0 aromatic heterocycles. The van der Waals surface area contributed by atoms with Crippen LogP contribution in [0.25, 0.3) is 0 Å². The zero-order valence-electron chi connectivity index (χ0n) is 6.10. The molecular formula is C7H6BNO3. The number of aromatic hydroxyl groups is 1. The van der Waals surface area contributed by atoms with Crippen molar-refractivity contribution in [2.75, 3.05) is 0 Å². The van der Waals surface area contributed by atoms with E-state index in [0.29, 0.717) is 5.56 Å². The molecule has 3 N–H and O–H groups in total. The summed E-state index contributed by atoms with van der Waals surface area (Å²) in [5, 5.41) is 17.3. The fourth-order valence-electron chi connectivity index (χ4n) is 0.624. The quantitative estimate of drug-likeness (QED) is 0.530. The van der Waals surface area contributed by atoms with E-state index >= 15 is 0 Å². The van der Waals surface area contributed by atoms with E-state index in [1.54, 1.807) is 0 Å². The van der Waals surface area contributed by atoms with Crippen molar-refractivity contribution in [3.8, 4) is 11.8 Å². The molecule has 0 heterocycles. The number of phenolic OH excluding ortho intramolecular Hbond substituents is 1. The standard InChI is InChI=1S/C7H4BNO.2H2O/c8-6-3-5(4-9)1-2-7(6)10;;/h1-3,10H;2*1H2/q+2;;/p-2. The Labute approximate surface area is 71.1 Å². The van der Waals surface area contributed by atoms with Gasteiger partial charge in [0.2, 0.25) is 0 Å². The van der Waals surface area contributed by atoms with Crippen LogP contribution in [0, 0.1) is 11.3 Å². The van der Waals surface area contributed by atoms with E-state index in [9.17, 15) is 0 Å². The first-order valence-electron chi connectivity index (χ1n) is 2.72. The summed E-state index contributed by atoms with van der Waals surface area (Å²) >= 11 is 0. The van der Waals surface area contributed by atoms with Crippen LogP contribution in [0.5, 0.6) is 5.75 Å². The third-order valence-corrected chi connectivity index (χ3v) is 1.16. The molecule has 0 fully saturated rings. The molecule has 0 saturated carbocycles. The topological polar surface area (TPSA) is 104 Å². The Morgan fingerprint density at radius 1 is 1.33 bits per heavy atom. The third kappa shape index (κ3) is 2.62. The zero-order valence-corrected chi connectivity index (χ0v) is 6.10. The van der Waals surface area contributed by atoms with Crippen LogP contribution in [0.1, 0.15) is 5.56 Å². The molecule has 1 rings (SSSR count). The Morgan fingerprint density at radius 3 is 2.33 bits per heavy atom. The van der Waals surface area contributed by atoms with Crippen LogP contribution in [-0.2, 0) is 0 Å². The van der Waals surface area contributed by atoms with Gasteiger partial charge < -0.3 is 11.0 Å². The molecule has 0 bridgehead atoms. The first kappa shape index (κ1) is 13.1. The first-order valence-corrected chi connectivity index (χ1v) is 2.72. The molecule has 60 valence electrons. The Bertz CT molecular complexity index is 295. The van der Waals surface area contributed by atoms with Crippen molar-refractivity contribution in [3.05, 3.63) is 23.8 Å². The van der Waals surface area contributed by atoms with Gasteiger partial charge in [-0.05, 0) is 0 Å². The van der Waals surface area contributed by atoms with Crippen molar-refractivity contribution in [2.24, 2.45) is 0 Å². The molecule has 0 aliphatic rings. The number of hydrogen-bond donors (Lipinski definition) is 1. The largest absolute Gasteiger partial charge is 0.870 e. The number of nitrogens with zero attached hydrogens (tertiary/aromatic N) is 1. The van der Waals surface area contributed by atoms with Crippen LogP contribution in [0.15, 0.2) is 18.2 Å². The molecule has 1 aromatic rings. The van der Waals surface area contributed by atoms with Crippen molar-refractivity contribution in [2.45, 2.75) is 0 Å². The number of hydrogen-bond acceptors (Lipinski definition) is 4. The van der Waals surface area contributed by atoms with Gasteiger partial charge in [0.25, 0.3) is 0 Å². The van der Waals surface area contributed by atoms with E-state index in [2.05, 4.69) is 0 Å². The van der Waals surface area contributed by atoms with Gasteiger partial charge in [0.15, 0.2) is 0 Å². The fourth-order valence-corrected chi connectivity index (χ4v) is 0.624. The van der Waals surface area contributed by atoms with Gasteiger partial charge in [-0.25, -0.2) is 0 Å². The molecule has 1 aromatic carbocycles. The minimum Gasteiger partial charge on any atom is -0.870 e. The fraction of sp³-hybridized carbons (Fsp3) is 0. The number of nitriles is 1. The van der Waals surface area contributed by atoms with Crippen molar-refractivity contribution in [3.63, 3.8) is 0 Å². The summed E-state index contributed by atoms with van der Waals surface area (Å²) in [6.07, 6.45) is 0. The average Bonchev–Trinajstić information content (AvgIpc) is 1.95. The molecule has 12 heavy (non-hydrogen) atoms. The maximum atomic E-state index is 8.90. The molecule has 0 atom stereocenters. The number of phenols is 1. The van der Waals surface area contributed by atoms with Crippen LogP contribution in [0.4, 0.5) is 0 Å². The van der Waals surface area contributed by atoms with Crippen molar-refractivity contribution in [1.82, 2.24) is 0 Å². The second-order valence-corrected chi connectivity index (χ2v) is 1.89. The average molecular weight is 163 g/mol. The molecule has 0 amide bonds. The molecule has 0 saturated heterocycles. The molecule has 4 nitrogen and oxygen atoms in total. The van der Waals surface area contributed by atoms with Crippen LogP contribution in [-0.4, -0.2) is 23.9 Å². The van der Waals surface area contributed by atoms with E-state index in [1.165, 1.54) is 18.2 Å². The summed E-state index contributed by atoms with van der Waals surface area (Å²) in [5.41, 5.74) is 0.689. The van der Waals surface area contributed by atoms with Crippen molar-refractivity contribution in [1.29, 1.82) is 5.26 Å². The van der Waals surface area contributed by atoms with E-state index in [0.717, 1.165) is 0 Å². The van der Waals surface area contributed by atoms with Crippen LogP contribution in [0.2, 0.25) is 0 Å². The smallest absolute Gasteiger partial charge is 0.870 e.